The van der Waals surface area contributed by atoms with Crippen molar-refractivity contribution in [3.8, 4) is 0 Å². The number of para-hydroxylation sites is 1. The largest absolute Gasteiger partial charge is 0.329 e. The van der Waals surface area contributed by atoms with Crippen LogP contribution in [0.5, 0.6) is 0 Å². The van der Waals surface area contributed by atoms with E-state index >= 15 is 0 Å². The van der Waals surface area contributed by atoms with Crippen LogP contribution in [0.1, 0.15) is 5.56 Å². The lowest BCUT2D eigenvalue weighted by Crippen LogP contribution is -2.41. The lowest BCUT2D eigenvalue weighted by molar-refractivity contribution is 0.282. The predicted molar refractivity (Wildman–Crippen MR) is 80.5 cm³/mol. The number of likely N-dealkylation sites (N-methyl/N-ethyl adjacent to an activating group) is 1. The first-order valence-electron chi connectivity index (χ1n) is 6.53. The van der Waals surface area contributed by atoms with Gasteiger partial charge in [0, 0.05) is 24.0 Å². The highest BCUT2D eigenvalue weighted by atomic mass is 35.5. The highest BCUT2D eigenvalue weighted by Gasteiger charge is 2.31. The van der Waals surface area contributed by atoms with Crippen molar-refractivity contribution in [2.45, 2.75) is 12.6 Å². The zero-order valence-electron chi connectivity index (χ0n) is 10.9. The number of fused-ring (bicyclic) bond motifs is 2. The standard InChI is InChI=1S/C16H15ClN2/c1-10-6-13-12-5-3-4-11-7-15(17)19(16(11)12)9-14(13)18(2)8-10/h3-7,14H,1,8-9H2,2H3/t14-/m1/s1. The van der Waals surface area contributed by atoms with Gasteiger partial charge in [0.2, 0.25) is 0 Å². The van der Waals surface area contributed by atoms with Gasteiger partial charge >= 0.3 is 0 Å². The van der Waals surface area contributed by atoms with E-state index < -0.39 is 0 Å². The smallest absolute Gasteiger partial charge is 0.110 e. The molecule has 1 aromatic heterocycles. The molecule has 1 atom stereocenters. The van der Waals surface area contributed by atoms with E-state index in [0.29, 0.717) is 6.04 Å². The molecule has 0 N–H and O–H groups in total. The number of nitrogens with zero attached hydrogens (tertiary/aromatic N) is 2. The van der Waals surface area contributed by atoms with Gasteiger partial charge in [0.1, 0.15) is 5.15 Å². The van der Waals surface area contributed by atoms with Crippen LogP contribution in [-0.4, -0.2) is 29.1 Å². The third-order valence-electron chi connectivity index (χ3n) is 4.24. The molecule has 0 radical (unpaired) electrons. The van der Waals surface area contributed by atoms with Gasteiger partial charge in [-0.1, -0.05) is 42.5 Å². The molecule has 0 fully saturated rings. The molecule has 2 nitrogen and oxygen atoms in total. The Morgan fingerprint density at radius 2 is 2.21 bits per heavy atom. The van der Waals surface area contributed by atoms with Gasteiger partial charge < -0.3 is 4.57 Å². The predicted octanol–water partition coefficient (Wildman–Crippen LogP) is 3.56. The van der Waals surface area contributed by atoms with Crippen molar-refractivity contribution >= 4 is 28.1 Å². The van der Waals surface area contributed by atoms with E-state index in [1.807, 2.05) is 0 Å². The summed E-state index contributed by atoms with van der Waals surface area (Å²) in [6.45, 7) is 5.98. The van der Waals surface area contributed by atoms with Gasteiger partial charge in [0.15, 0.2) is 0 Å². The van der Waals surface area contributed by atoms with E-state index in [0.717, 1.165) is 18.2 Å². The number of hydrogen-bond acceptors (Lipinski definition) is 1. The highest BCUT2D eigenvalue weighted by molar-refractivity contribution is 6.31. The van der Waals surface area contributed by atoms with E-state index in [2.05, 4.69) is 53.4 Å². The second-order valence-corrected chi connectivity index (χ2v) is 5.90. The van der Waals surface area contributed by atoms with E-state index in [1.54, 1.807) is 0 Å². The summed E-state index contributed by atoms with van der Waals surface area (Å²) in [7, 11) is 2.16. The lowest BCUT2D eigenvalue weighted by Gasteiger charge is -2.38. The molecular formula is C16H15ClN2. The van der Waals surface area contributed by atoms with Gasteiger partial charge in [-0.3, -0.25) is 4.90 Å². The van der Waals surface area contributed by atoms with Crippen LogP contribution in [0.4, 0.5) is 0 Å². The number of hydrogen-bond donors (Lipinski definition) is 0. The molecule has 1 aromatic carbocycles. The minimum absolute atomic E-state index is 0.397. The van der Waals surface area contributed by atoms with Gasteiger partial charge in [-0.15, -0.1) is 0 Å². The molecule has 2 aromatic rings. The molecule has 4 rings (SSSR count). The lowest BCUT2D eigenvalue weighted by atomic mass is 9.88. The van der Waals surface area contributed by atoms with Crippen LogP contribution < -0.4 is 0 Å². The molecule has 96 valence electrons. The van der Waals surface area contributed by atoms with Crippen molar-refractivity contribution in [2.24, 2.45) is 0 Å². The summed E-state index contributed by atoms with van der Waals surface area (Å²) in [5.74, 6) is 0. The van der Waals surface area contributed by atoms with Crippen LogP contribution in [0, 0.1) is 0 Å². The van der Waals surface area contributed by atoms with Crippen molar-refractivity contribution in [1.82, 2.24) is 9.47 Å². The maximum absolute atomic E-state index is 6.39. The minimum atomic E-state index is 0.397. The summed E-state index contributed by atoms with van der Waals surface area (Å²) < 4.78 is 2.23. The average molecular weight is 271 g/mol. The van der Waals surface area contributed by atoms with Crippen molar-refractivity contribution in [3.63, 3.8) is 0 Å². The minimum Gasteiger partial charge on any atom is -0.329 e. The van der Waals surface area contributed by atoms with E-state index in [9.17, 15) is 0 Å². The number of benzene rings is 1. The zero-order chi connectivity index (χ0) is 13.1. The van der Waals surface area contributed by atoms with Gasteiger partial charge in [-0.25, -0.2) is 0 Å². The summed E-state index contributed by atoms with van der Waals surface area (Å²) >= 11 is 6.39. The first kappa shape index (κ1) is 11.3. The Hall–Kier alpha value is -1.51. The monoisotopic (exact) mass is 270 g/mol. The number of halogens is 1. The molecule has 0 aliphatic carbocycles. The third kappa shape index (κ3) is 1.47. The maximum Gasteiger partial charge on any atom is 0.110 e. The summed E-state index contributed by atoms with van der Waals surface area (Å²) in [5, 5.41) is 2.06. The Bertz CT molecular complexity index is 739. The summed E-state index contributed by atoms with van der Waals surface area (Å²) in [6, 6.07) is 8.89. The maximum atomic E-state index is 6.39. The van der Waals surface area contributed by atoms with Crippen molar-refractivity contribution in [2.75, 3.05) is 13.6 Å². The molecule has 0 unspecified atom stereocenters. The fraction of sp³-hybridized carbons (Fsp3) is 0.250. The van der Waals surface area contributed by atoms with Gasteiger partial charge in [0.05, 0.1) is 11.6 Å². The molecule has 19 heavy (non-hydrogen) atoms. The molecule has 0 spiro atoms. The summed E-state index contributed by atoms with van der Waals surface area (Å²) in [6.07, 6.45) is 2.25. The average Bonchev–Trinajstić information content (AvgIpc) is 2.69. The van der Waals surface area contributed by atoms with E-state index in [-0.39, 0.29) is 0 Å². The quantitative estimate of drug-likeness (QED) is 0.711. The summed E-state index contributed by atoms with van der Waals surface area (Å²) in [5.41, 5.74) is 5.12. The normalized spacial score (nSPS) is 22.5. The van der Waals surface area contributed by atoms with E-state index in [1.165, 1.54) is 27.6 Å². The topological polar surface area (TPSA) is 8.17 Å². The van der Waals surface area contributed by atoms with Crippen LogP contribution in [-0.2, 0) is 6.54 Å². The second kappa shape index (κ2) is 3.75. The van der Waals surface area contributed by atoms with Crippen LogP contribution >= 0.6 is 11.6 Å². The Kier molecular flexibility index (Phi) is 2.23. The molecule has 0 bridgehead atoms. The molecule has 0 amide bonds. The highest BCUT2D eigenvalue weighted by Crippen LogP contribution is 2.40. The zero-order valence-corrected chi connectivity index (χ0v) is 11.6. The van der Waals surface area contributed by atoms with Crippen molar-refractivity contribution in [3.05, 3.63) is 53.2 Å². The fourth-order valence-electron chi connectivity index (χ4n) is 3.40. The van der Waals surface area contributed by atoms with Crippen molar-refractivity contribution < 1.29 is 0 Å². The van der Waals surface area contributed by atoms with E-state index in [4.69, 9.17) is 11.6 Å². The van der Waals surface area contributed by atoms with Crippen LogP contribution in [0.25, 0.3) is 16.5 Å². The summed E-state index contributed by atoms with van der Waals surface area (Å²) in [4.78, 5) is 2.36. The SMILES string of the molecule is C=C1C=C2c3cccc4cc(Cl)n(c34)C[C@H]2N(C)C1. The van der Waals surface area contributed by atoms with Gasteiger partial charge in [-0.2, -0.15) is 0 Å². The molecule has 0 saturated heterocycles. The molecular weight excluding hydrogens is 256 g/mol. The molecule has 3 heterocycles. The van der Waals surface area contributed by atoms with Crippen LogP contribution in [0.3, 0.4) is 0 Å². The molecule has 3 heteroatoms. The number of aromatic nitrogens is 1. The Morgan fingerprint density at radius 1 is 1.37 bits per heavy atom. The van der Waals surface area contributed by atoms with Crippen molar-refractivity contribution in [1.29, 1.82) is 0 Å². The molecule has 2 aliphatic heterocycles. The Labute approximate surface area is 117 Å². The Balaban J connectivity index is 2.07. The first-order chi connectivity index (χ1) is 9.15. The van der Waals surface area contributed by atoms with Gasteiger partial charge in [-0.05, 0) is 24.3 Å². The first-order valence-corrected chi connectivity index (χ1v) is 6.90. The third-order valence-corrected chi connectivity index (χ3v) is 4.55. The molecule has 0 saturated carbocycles. The van der Waals surface area contributed by atoms with Gasteiger partial charge in [0.25, 0.3) is 0 Å². The fourth-order valence-corrected chi connectivity index (χ4v) is 3.67. The second-order valence-electron chi connectivity index (χ2n) is 5.51. The van der Waals surface area contributed by atoms with Crippen LogP contribution in [0.15, 0.2) is 42.5 Å². The Morgan fingerprint density at radius 3 is 3.05 bits per heavy atom. The van der Waals surface area contributed by atoms with Crippen LogP contribution in [0.2, 0.25) is 5.15 Å². The molecule has 2 aliphatic rings. The number of rotatable bonds is 0.